The molecule has 2 aromatic rings. The molecule has 1 atom stereocenters. The average Bonchev–Trinajstić information content (AvgIpc) is 3.09. The number of rotatable bonds is 11. The lowest BCUT2D eigenvalue weighted by Crippen LogP contribution is -2.39. The zero-order chi connectivity index (χ0) is 23.0. The Balaban J connectivity index is 1.99. The van der Waals surface area contributed by atoms with Crippen molar-refractivity contribution in [3.63, 3.8) is 0 Å². The van der Waals surface area contributed by atoms with Crippen molar-refractivity contribution in [2.75, 3.05) is 23.0 Å². The van der Waals surface area contributed by atoms with Gasteiger partial charge in [-0.2, -0.15) is 0 Å². The molecule has 2 rings (SSSR count). The molecule has 170 valence electrons. The summed E-state index contributed by atoms with van der Waals surface area (Å²) in [4.78, 5) is 24.8. The van der Waals surface area contributed by atoms with Crippen LogP contribution in [0.5, 0.6) is 5.75 Å². The van der Waals surface area contributed by atoms with Crippen LogP contribution in [0.3, 0.4) is 0 Å². The number of carbonyl (C=O) groups excluding carboxylic acids is 2. The van der Waals surface area contributed by atoms with Crippen molar-refractivity contribution in [1.82, 2.24) is 10.2 Å². The van der Waals surface area contributed by atoms with Crippen LogP contribution in [-0.2, 0) is 25.8 Å². The summed E-state index contributed by atoms with van der Waals surface area (Å²) < 4.78 is 30.7. The van der Waals surface area contributed by atoms with Crippen LogP contribution in [0.4, 0.5) is 10.8 Å². The summed E-state index contributed by atoms with van der Waals surface area (Å²) >= 11 is 1.21. The van der Waals surface area contributed by atoms with Gasteiger partial charge >= 0.3 is 0 Å². The Labute approximate surface area is 186 Å². The van der Waals surface area contributed by atoms with E-state index in [1.165, 1.54) is 11.3 Å². The summed E-state index contributed by atoms with van der Waals surface area (Å²) in [6, 6.07) is 6.57. The molecule has 0 aliphatic rings. The van der Waals surface area contributed by atoms with Gasteiger partial charge in [0.2, 0.25) is 16.9 Å². The second-order valence-corrected chi connectivity index (χ2v) is 10.5. The van der Waals surface area contributed by atoms with Crippen LogP contribution in [0.25, 0.3) is 0 Å². The van der Waals surface area contributed by atoms with Crippen molar-refractivity contribution >= 4 is 43.8 Å². The zero-order valence-electron chi connectivity index (χ0n) is 18.0. The Kier molecular flexibility index (Phi) is 8.93. The van der Waals surface area contributed by atoms with E-state index in [0.29, 0.717) is 24.0 Å². The average molecular weight is 469 g/mol. The second-order valence-electron chi connectivity index (χ2n) is 7.30. The first kappa shape index (κ1) is 24.7. The molecule has 1 unspecified atom stereocenters. The predicted molar refractivity (Wildman–Crippen MR) is 121 cm³/mol. The van der Waals surface area contributed by atoms with Crippen LogP contribution in [-0.4, -0.2) is 48.0 Å². The van der Waals surface area contributed by atoms with Crippen molar-refractivity contribution in [3.8, 4) is 5.75 Å². The van der Waals surface area contributed by atoms with Crippen molar-refractivity contribution in [2.45, 2.75) is 45.8 Å². The molecule has 1 aromatic carbocycles. The minimum absolute atomic E-state index is 0.0299. The van der Waals surface area contributed by atoms with Crippen LogP contribution < -0.4 is 15.4 Å². The smallest absolute Gasteiger partial charge is 0.244 e. The van der Waals surface area contributed by atoms with Gasteiger partial charge in [-0.1, -0.05) is 32.1 Å². The minimum Gasteiger partial charge on any atom is -0.494 e. The summed E-state index contributed by atoms with van der Waals surface area (Å²) in [5.74, 6) is -1.21. The van der Waals surface area contributed by atoms with Crippen molar-refractivity contribution in [3.05, 3.63) is 29.3 Å². The summed E-state index contributed by atoms with van der Waals surface area (Å²) in [5, 5.41) is 12.6. The Morgan fingerprint density at radius 1 is 1.10 bits per heavy atom. The Morgan fingerprint density at radius 3 is 2.35 bits per heavy atom. The Hall–Kier alpha value is -2.53. The molecule has 11 heteroatoms. The fourth-order valence-electron chi connectivity index (χ4n) is 2.81. The summed E-state index contributed by atoms with van der Waals surface area (Å²) in [6.07, 6.45) is 0.747. The molecule has 0 saturated carbocycles. The number of aromatic nitrogens is 2. The van der Waals surface area contributed by atoms with Crippen LogP contribution in [0.2, 0.25) is 0 Å². The second kappa shape index (κ2) is 11.2. The molecule has 0 fully saturated rings. The molecule has 0 aliphatic heterocycles. The number of benzene rings is 1. The van der Waals surface area contributed by atoms with E-state index < -0.39 is 32.7 Å². The maximum Gasteiger partial charge on any atom is 0.244 e. The van der Waals surface area contributed by atoms with E-state index in [4.69, 9.17) is 4.74 Å². The molecule has 0 radical (unpaired) electrons. The van der Waals surface area contributed by atoms with Gasteiger partial charge < -0.3 is 10.1 Å². The van der Waals surface area contributed by atoms with Crippen molar-refractivity contribution in [2.24, 2.45) is 5.92 Å². The summed E-state index contributed by atoms with van der Waals surface area (Å²) in [5.41, 5.74) is 0.438. The zero-order valence-corrected chi connectivity index (χ0v) is 19.7. The summed E-state index contributed by atoms with van der Waals surface area (Å²) in [6.45, 7) is 8.03. The number of ether oxygens (including phenoxy) is 1. The SMILES string of the molecule is CCOc1ccc(NC(=O)CS(=O)(=O)C(CC)C(=O)Nc2nnc(CC(C)C)s2)cc1. The van der Waals surface area contributed by atoms with Crippen LogP contribution >= 0.6 is 11.3 Å². The molecule has 31 heavy (non-hydrogen) atoms. The lowest BCUT2D eigenvalue weighted by Gasteiger charge is -2.15. The molecule has 0 aliphatic carbocycles. The number of nitrogens with zero attached hydrogens (tertiary/aromatic N) is 2. The van der Waals surface area contributed by atoms with E-state index in [1.54, 1.807) is 31.2 Å². The maximum atomic E-state index is 12.7. The standard InChI is InChI=1S/C20H28N4O5S2/c1-5-16(19(26)22-20-24-23-18(30-20)11-13(3)4)31(27,28)12-17(25)21-14-7-9-15(10-8-14)29-6-2/h7-10,13,16H,5-6,11-12H2,1-4H3,(H,21,25)(H,22,24,26). The first-order valence-corrected chi connectivity index (χ1v) is 12.5. The van der Waals surface area contributed by atoms with Gasteiger partial charge in [0.15, 0.2) is 9.84 Å². The number of hydrogen-bond donors (Lipinski definition) is 2. The molecule has 1 heterocycles. The van der Waals surface area contributed by atoms with Gasteiger partial charge in [-0.05, 0) is 43.5 Å². The van der Waals surface area contributed by atoms with E-state index in [0.717, 1.165) is 11.4 Å². The number of carbonyl (C=O) groups is 2. The van der Waals surface area contributed by atoms with Gasteiger partial charge in [0.25, 0.3) is 0 Å². The summed E-state index contributed by atoms with van der Waals surface area (Å²) in [7, 11) is -4.03. The molecular weight excluding hydrogens is 440 g/mol. The Bertz CT molecular complexity index is 987. The first-order valence-electron chi connectivity index (χ1n) is 10.0. The highest BCUT2D eigenvalue weighted by Gasteiger charge is 2.33. The number of anilines is 2. The predicted octanol–water partition coefficient (Wildman–Crippen LogP) is 2.91. The third-order valence-corrected chi connectivity index (χ3v) is 7.10. The lowest BCUT2D eigenvalue weighted by molar-refractivity contribution is -0.115. The first-order chi connectivity index (χ1) is 14.6. The number of amides is 2. The highest BCUT2D eigenvalue weighted by Crippen LogP contribution is 2.20. The molecule has 0 saturated heterocycles. The van der Waals surface area contributed by atoms with Gasteiger partial charge in [0.1, 0.15) is 21.8 Å². The van der Waals surface area contributed by atoms with Crippen molar-refractivity contribution in [1.29, 1.82) is 0 Å². The van der Waals surface area contributed by atoms with Crippen LogP contribution in [0.15, 0.2) is 24.3 Å². The third kappa shape index (κ3) is 7.59. The third-order valence-electron chi connectivity index (χ3n) is 4.16. The molecule has 0 spiro atoms. The van der Waals surface area contributed by atoms with Crippen LogP contribution in [0, 0.1) is 5.92 Å². The lowest BCUT2D eigenvalue weighted by atomic mass is 10.1. The Morgan fingerprint density at radius 2 is 1.77 bits per heavy atom. The number of sulfone groups is 1. The monoisotopic (exact) mass is 468 g/mol. The van der Waals surface area contributed by atoms with Gasteiger partial charge in [-0.15, -0.1) is 10.2 Å². The topological polar surface area (TPSA) is 127 Å². The normalized spacial score (nSPS) is 12.4. The highest BCUT2D eigenvalue weighted by atomic mass is 32.2. The van der Waals surface area contributed by atoms with Gasteiger partial charge in [0, 0.05) is 12.1 Å². The maximum absolute atomic E-state index is 12.7. The van der Waals surface area contributed by atoms with E-state index in [1.807, 2.05) is 20.8 Å². The van der Waals surface area contributed by atoms with E-state index in [-0.39, 0.29) is 11.6 Å². The van der Waals surface area contributed by atoms with Gasteiger partial charge in [-0.25, -0.2) is 8.42 Å². The molecule has 0 bridgehead atoms. The van der Waals surface area contributed by atoms with Crippen LogP contribution in [0.1, 0.15) is 39.1 Å². The molecule has 2 N–H and O–H groups in total. The molecule has 2 amide bonds. The largest absolute Gasteiger partial charge is 0.494 e. The minimum atomic E-state index is -4.03. The van der Waals surface area contributed by atoms with Gasteiger partial charge in [-0.3, -0.25) is 14.9 Å². The fourth-order valence-corrected chi connectivity index (χ4v) is 5.29. The van der Waals surface area contributed by atoms with Gasteiger partial charge in [0.05, 0.1) is 6.61 Å². The number of hydrogen-bond acceptors (Lipinski definition) is 8. The van der Waals surface area contributed by atoms with E-state index in [2.05, 4.69) is 20.8 Å². The van der Waals surface area contributed by atoms with E-state index >= 15 is 0 Å². The molecule has 1 aromatic heterocycles. The molecule has 9 nitrogen and oxygen atoms in total. The quantitative estimate of drug-likeness (QED) is 0.519. The van der Waals surface area contributed by atoms with E-state index in [9.17, 15) is 18.0 Å². The van der Waals surface area contributed by atoms with Crippen molar-refractivity contribution < 1.29 is 22.7 Å². The number of nitrogens with one attached hydrogen (secondary N) is 2. The molecular formula is C20H28N4O5S2. The highest BCUT2D eigenvalue weighted by molar-refractivity contribution is 7.93. The fraction of sp³-hybridized carbons (Fsp3) is 0.500.